The summed E-state index contributed by atoms with van der Waals surface area (Å²) in [5.74, 6) is 2.95. The Morgan fingerprint density at radius 3 is 1.16 bits per heavy atom. The molecule has 0 fully saturated rings. The molecular formula is C88H52N12. The molecule has 22 rings (SSSR count). The van der Waals surface area contributed by atoms with Crippen LogP contribution in [0.25, 0.3) is 200 Å². The highest BCUT2D eigenvalue weighted by atomic mass is 15.2. The van der Waals surface area contributed by atoms with Crippen molar-refractivity contribution in [1.29, 1.82) is 0 Å². The summed E-state index contributed by atoms with van der Waals surface area (Å²) in [5.41, 5.74) is 24.5. The van der Waals surface area contributed by atoms with Crippen LogP contribution >= 0.6 is 0 Å². The predicted molar refractivity (Wildman–Crippen MR) is 407 cm³/mol. The smallest absolute Gasteiger partial charge is 0.235 e. The lowest BCUT2D eigenvalue weighted by Crippen LogP contribution is -2.04. The van der Waals surface area contributed by atoms with Gasteiger partial charge in [0.1, 0.15) is 0 Å². The Kier molecular flexibility index (Phi) is 11.3. The highest BCUT2D eigenvalue weighted by Gasteiger charge is 2.25. The number of hydrogen-bond acceptors (Lipinski definition) is 6. The zero-order valence-corrected chi connectivity index (χ0v) is 53.4. The van der Waals surface area contributed by atoms with Crippen molar-refractivity contribution in [2.75, 3.05) is 0 Å². The lowest BCUT2D eigenvalue weighted by atomic mass is 9.96. The molecule has 8 aromatic heterocycles. The van der Waals surface area contributed by atoms with Crippen LogP contribution in [0.1, 0.15) is 0 Å². The van der Waals surface area contributed by atoms with Gasteiger partial charge in [-0.1, -0.05) is 188 Å². The number of hydrogen-bond donors (Lipinski definition) is 0. The van der Waals surface area contributed by atoms with Gasteiger partial charge in [-0.3, -0.25) is 27.1 Å². The SMILES string of the molecule is c1ccc(-c2nc(-n3c4ccccc4c4cc(-n5c6ccccc6n6c7ccccc7nc56)ccc43)nc3cc(-c4ccc(-c5ccc6ccc(-c7nc(-n8c9ccccc9c9cc(-n%10c%11ccccc%11n%11c%12ccccc%12nc%10%11)ccc98)nc8ccccc78)cc6c5)cc4)ccc23)cc1. The minimum absolute atomic E-state index is 0.602. The Bertz CT molecular complexity index is 7230. The minimum Gasteiger partial charge on any atom is -0.278 e. The van der Waals surface area contributed by atoms with Gasteiger partial charge in [0.25, 0.3) is 0 Å². The average Bonchev–Trinajstić information content (AvgIpc) is 1.63. The van der Waals surface area contributed by atoms with Gasteiger partial charge in [-0.25, -0.2) is 29.9 Å². The molecule has 8 heterocycles. The molecule has 12 heteroatoms. The molecule has 0 atom stereocenters. The number of aromatic nitrogens is 12. The summed E-state index contributed by atoms with van der Waals surface area (Å²) in [6.45, 7) is 0. The summed E-state index contributed by atoms with van der Waals surface area (Å²) in [6, 6.07) is 112. The van der Waals surface area contributed by atoms with Crippen molar-refractivity contribution in [3.8, 4) is 68.0 Å². The third-order valence-corrected chi connectivity index (χ3v) is 20.4. The van der Waals surface area contributed by atoms with E-state index in [1.807, 2.05) is 12.1 Å². The minimum atomic E-state index is 0.602. The van der Waals surface area contributed by atoms with Gasteiger partial charge in [-0.15, -0.1) is 0 Å². The Labute approximate surface area is 569 Å². The second kappa shape index (κ2) is 20.8. The molecule has 0 spiro atoms. The Balaban J connectivity index is 0.619. The Morgan fingerprint density at radius 2 is 0.590 bits per heavy atom. The molecule has 0 N–H and O–H groups in total. The summed E-state index contributed by atoms with van der Waals surface area (Å²) < 4.78 is 13.5. The van der Waals surface area contributed by atoms with Crippen LogP contribution in [0.3, 0.4) is 0 Å². The van der Waals surface area contributed by atoms with E-state index in [-0.39, 0.29) is 0 Å². The molecule has 100 heavy (non-hydrogen) atoms. The van der Waals surface area contributed by atoms with Gasteiger partial charge in [0.15, 0.2) is 0 Å². The number of nitrogens with zero attached hydrogens (tertiary/aromatic N) is 12. The molecule has 0 amide bonds. The van der Waals surface area contributed by atoms with E-state index in [2.05, 4.69) is 330 Å². The highest BCUT2D eigenvalue weighted by molar-refractivity contribution is 6.12. The average molecular weight is 1280 g/mol. The van der Waals surface area contributed by atoms with Gasteiger partial charge < -0.3 is 0 Å². The van der Waals surface area contributed by atoms with E-state index in [0.29, 0.717) is 11.9 Å². The van der Waals surface area contributed by atoms with Gasteiger partial charge in [0.05, 0.1) is 88.6 Å². The molecular weight excluding hydrogens is 1230 g/mol. The zero-order valence-electron chi connectivity index (χ0n) is 53.4. The highest BCUT2D eigenvalue weighted by Crippen LogP contribution is 2.41. The van der Waals surface area contributed by atoms with Gasteiger partial charge >= 0.3 is 0 Å². The predicted octanol–water partition coefficient (Wildman–Crippen LogP) is 21.1. The molecule has 0 aliphatic rings. The summed E-state index contributed by atoms with van der Waals surface area (Å²) in [4.78, 5) is 32.3. The van der Waals surface area contributed by atoms with E-state index in [9.17, 15) is 0 Å². The monoisotopic (exact) mass is 1280 g/mol. The molecule has 22 aromatic rings. The third-order valence-electron chi connectivity index (χ3n) is 20.4. The standard InChI is InChI=1S/C88H52N12/c1-2-18-56(19-3-1)83-66-45-42-58(50-72(66)90-86(93-83)98-74-27-11-6-21-64(74)68-52-62(44-47-76(68)98)96-80-31-15-17-33-82(80)100-78-29-13-9-25-71(78)92-88(96)100)54-36-34-53(35-37-54)57-40-38-55-39-41-59(49-60(55)48-57)84-65-22-4-7-23-69(65)89-85(94-84)97-73-26-10-5-20-63(73)67-51-61(43-46-75(67)97)95-79-30-14-16-32-81(79)99-77-28-12-8-24-70(77)91-87(95)99/h1-52H. The van der Waals surface area contributed by atoms with Crippen LogP contribution in [0.15, 0.2) is 315 Å². The molecule has 0 bridgehead atoms. The fraction of sp³-hybridized carbons (Fsp3) is 0. The van der Waals surface area contributed by atoms with E-state index < -0.39 is 0 Å². The summed E-state index contributed by atoms with van der Waals surface area (Å²) >= 11 is 0. The quantitative estimate of drug-likeness (QED) is 0.150. The molecule has 0 aliphatic heterocycles. The molecule has 0 aliphatic carbocycles. The van der Waals surface area contributed by atoms with Crippen LogP contribution in [-0.2, 0) is 0 Å². The first-order valence-corrected chi connectivity index (χ1v) is 33.7. The first-order valence-electron chi connectivity index (χ1n) is 33.7. The largest absolute Gasteiger partial charge is 0.278 e. The second-order valence-electron chi connectivity index (χ2n) is 25.9. The molecule has 12 nitrogen and oxygen atoms in total. The van der Waals surface area contributed by atoms with Crippen molar-refractivity contribution in [2.24, 2.45) is 0 Å². The lowest BCUT2D eigenvalue weighted by molar-refractivity contribution is 1.01. The van der Waals surface area contributed by atoms with E-state index in [0.717, 1.165) is 188 Å². The van der Waals surface area contributed by atoms with Crippen LogP contribution in [0.4, 0.5) is 0 Å². The normalized spacial score (nSPS) is 12.2. The van der Waals surface area contributed by atoms with Gasteiger partial charge in [-0.05, 0) is 160 Å². The number of rotatable bonds is 8. The van der Waals surface area contributed by atoms with Gasteiger partial charge in [0.2, 0.25) is 23.5 Å². The molecule has 464 valence electrons. The van der Waals surface area contributed by atoms with Crippen LogP contribution < -0.4 is 0 Å². The van der Waals surface area contributed by atoms with E-state index in [1.54, 1.807) is 0 Å². The van der Waals surface area contributed by atoms with Gasteiger partial charge in [-0.2, -0.15) is 0 Å². The lowest BCUT2D eigenvalue weighted by Gasteiger charge is -2.13. The fourth-order valence-corrected chi connectivity index (χ4v) is 15.9. The van der Waals surface area contributed by atoms with E-state index in [1.165, 1.54) is 0 Å². The third kappa shape index (κ3) is 7.97. The fourth-order valence-electron chi connectivity index (χ4n) is 15.9. The van der Waals surface area contributed by atoms with E-state index in [4.69, 9.17) is 29.9 Å². The summed E-state index contributed by atoms with van der Waals surface area (Å²) in [5, 5.41) is 8.65. The first-order chi connectivity index (χ1) is 49.6. The molecule has 0 unspecified atom stereocenters. The number of fused-ring (bicyclic) bond motifs is 19. The topological polar surface area (TPSA) is 106 Å². The zero-order chi connectivity index (χ0) is 65.3. The Hall–Kier alpha value is -13.8. The molecule has 0 saturated heterocycles. The van der Waals surface area contributed by atoms with Crippen LogP contribution in [0.2, 0.25) is 0 Å². The van der Waals surface area contributed by atoms with E-state index >= 15 is 0 Å². The maximum atomic E-state index is 5.55. The second-order valence-corrected chi connectivity index (χ2v) is 25.9. The molecule has 0 radical (unpaired) electrons. The number of imidazole rings is 4. The Morgan fingerprint density at radius 1 is 0.190 bits per heavy atom. The van der Waals surface area contributed by atoms with Crippen molar-refractivity contribution < 1.29 is 0 Å². The summed E-state index contributed by atoms with van der Waals surface area (Å²) in [6.07, 6.45) is 0. The maximum Gasteiger partial charge on any atom is 0.235 e. The van der Waals surface area contributed by atoms with Crippen LogP contribution in [-0.4, -0.2) is 57.0 Å². The van der Waals surface area contributed by atoms with Crippen molar-refractivity contribution in [1.82, 2.24) is 57.0 Å². The first kappa shape index (κ1) is 54.4. The van der Waals surface area contributed by atoms with Gasteiger partial charge in [0, 0.05) is 54.8 Å². The number of benzene rings is 14. The van der Waals surface area contributed by atoms with Crippen molar-refractivity contribution >= 4 is 132 Å². The van der Waals surface area contributed by atoms with Crippen molar-refractivity contribution in [3.05, 3.63) is 315 Å². The summed E-state index contributed by atoms with van der Waals surface area (Å²) in [7, 11) is 0. The van der Waals surface area contributed by atoms with Crippen molar-refractivity contribution in [3.63, 3.8) is 0 Å². The van der Waals surface area contributed by atoms with Crippen LogP contribution in [0.5, 0.6) is 0 Å². The van der Waals surface area contributed by atoms with Crippen molar-refractivity contribution in [2.45, 2.75) is 0 Å². The maximum absolute atomic E-state index is 5.55. The van der Waals surface area contributed by atoms with Crippen LogP contribution in [0, 0.1) is 0 Å². The molecule has 0 saturated carbocycles. The molecule has 14 aromatic carbocycles. The number of para-hydroxylation sites is 11.